The summed E-state index contributed by atoms with van der Waals surface area (Å²) in [6, 6.07) is 14.3. The Hall–Kier alpha value is -2.36. The topological polar surface area (TPSA) is 45.2 Å². The summed E-state index contributed by atoms with van der Waals surface area (Å²) in [6.07, 6.45) is 2.61. The highest BCUT2D eigenvalue weighted by Crippen LogP contribution is 2.17. The summed E-state index contributed by atoms with van der Waals surface area (Å²) in [4.78, 5) is 18.7. The van der Waals surface area contributed by atoms with Crippen molar-refractivity contribution in [2.24, 2.45) is 0 Å². The number of rotatable bonds is 7. The molecule has 4 nitrogen and oxygen atoms in total. The monoisotopic (exact) mass is 311 g/mol. The van der Waals surface area contributed by atoms with E-state index in [1.807, 2.05) is 44.2 Å². The average molecular weight is 311 g/mol. The van der Waals surface area contributed by atoms with Gasteiger partial charge in [-0.05, 0) is 38.0 Å². The van der Waals surface area contributed by atoms with Crippen LogP contribution in [0, 0.1) is 0 Å². The van der Waals surface area contributed by atoms with Crippen LogP contribution in [0.1, 0.15) is 43.2 Å². The van der Waals surface area contributed by atoms with Gasteiger partial charge in [-0.25, -0.2) is 0 Å². The fourth-order valence-electron chi connectivity index (χ4n) is 2.33. The molecule has 1 atom stereocenters. The van der Waals surface area contributed by atoms with Crippen LogP contribution in [0.2, 0.25) is 0 Å². The molecule has 0 bridgehead atoms. The van der Waals surface area contributed by atoms with E-state index in [0.717, 1.165) is 25.2 Å². The number of pyridine rings is 1. The number of carbonyl (C=O) groups excluding carboxylic acids is 1. The first-order valence-electron chi connectivity index (χ1n) is 8.19. The number of hydrogen-bond acceptors (Lipinski definition) is 3. The van der Waals surface area contributed by atoms with Gasteiger partial charge in [-0.3, -0.25) is 9.78 Å². The summed E-state index contributed by atoms with van der Waals surface area (Å²) >= 11 is 0. The van der Waals surface area contributed by atoms with Crippen molar-refractivity contribution >= 4 is 11.6 Å². The minimum atomic E-state index is -0.114. The molecule has 0 saturated carbocycles. The highest BCUT2D eigenvalue weighted by atomic mass is 16.1. The van der Waals surface area contributed by atoms with Gasteiger partial charge in [0, 0.05) is 31.0 Å². The van der Waals surface area contributed by atoms with Gasteiger partial charge in [-0.2, -0.15) is 0 Å². The predicted octanol–water partition coefficient (Wildman–Crippen LogP) is 3.64. The molecule has 23 heavy (non-hydrogen) atoms. The van der Waals surface area contributed by atoms with Crippen molar-refractivity contribution in [3.05, 3.63) is 59.9 Å². The molecule has 2 aromatic rings. The van der Waals surface area contributed by atoms with E-state index in [9.17, 15) is 4.79 Å². The van der Waals surface area contributed by atoms with Crippen molar-refractivity contribution in [1.29, 1.82) is 0 Å². The molecule has 1 N–H and O–H groups in total. The Morgan fingerprint density at radius 2 is 1.96 bits per heavy atom. The minimum Gasteiger partial charge on any atom is -0.367 e. The first-order chi connectivity index (χ1) is 11.1. The molecule has 0 fully saturated rings. The maximum absolute atomic E-state index is 12.2. The molecular formula is C19H25N3O. The molecule has 1 amide bonds. The molecule has 0 aliphatic carbocycles. The second-order valence-corrected chi connectivity index (χ2v) is 5.68. The number of carbonyl (C=O) groups is 1. The first kappa shape index (κ1) is 17.0. The van der Waals surface area contributed by atoms with Crippen LogP contribution in [-0.4, -0.2) is 23.5 Å². The van der Waals surface area contributed by atoms with Crippen LogP contribution >= 0.6 is 0 Å². The summed E-state index contributed by atoms with van der Waals surface area (Å²) in [7, 11) is 0. The van der Waals surface area contributed by atoms with Gasteiger partial charge >= 0.3 is 0 Å². The summed E-state index contributed by atoms with van der Waals surface area (Å²) in [5.41, 5.74) is 2.73. The molecule has 4 heteroatoms. The fraction of sp³-hybridized carbons (Fsp3) is 0.368. The van der Waals surface area contributed by atoms with E-state index in [4.69, 9.17) is 0 Å². The average Bonchev–Trinajstić information content (AvgIpc) is 2.60. The zero-order valence-corrected chi connectivity index (χ0v) is 14.1. The Balaban J connectivity index is 2.15. The normalized spacial score (nSPS) is 11.8. The quantitative estimate of drug-likeness (QED) is 0.849. The molecule has 0 radical (unpaired) electrons. The maximum Gasteiger partial charge on any atom is 0.270 e. The lowest BCUT2D eigenvalue weighted by atomic mass is 10.2. The van der Waals surface area contributed by atoms with Crippen molar-refractivity contribution in [1.82, 2.24) is 10.3 Å². The smallest absolute Gasteiger partial charge is 0.270 e. The van der Waals surface area contributed by atoms with Crippen molar-refractivity contribution in [2.45, 2.75) is 39.8 Å². The van der Waals surface area contributed by atoms with E-state index in [2.05, 4.69) is 34.3 Å². The molecule has 0 aliphatic heterocycles. The Morgan fingerprint density at radius 1 is 1.22 bits per heavy atom. The van der Waals surface area contributed by atoms with Gasteiger partial charge < -0.3 is 10.2 Å². The van der Waals surface area contributed by atoms with Gasteiger partial charge in [0.05, 0.1) is 0 Å². The summed E-state index contributed by atoms with van der Waals surface area (Å²) < 4.78 is 0. The minimum absolute atomic E-state index is 0.114. The number of nitrogens with zero attached hydrogens (tertiary/aromatic N) is 2. The van der Waals surface area contributed by atoms with Crippen LogP contribution in [-0.2, 0) is 6.54 Å². The largest absolute Gasteiger partial charge is 0.367 e. The Morgan fingerprint density at radius 3 is 2.61 bits per heavy atom. The molecule has 2 rings (SSSR count). The van der Waals surface area contributed by atoms with Crippen molar-refractivity contribution in [3.63, 3.8) is 0 Å². The zero-order chi connectivity index (χ0) is 16.7. The summed E-state index contributed by atoms with van der Waals surface area (Å²) in [5, 5.41) is 2.96. The Kier molecular flexibility index (Phi) is 6.15. The van der Waals surface area contributed by atoms with Crippen LogP contribution in [0.15, 0.2) is 48.7 Å². The van der Waals surface area contributed by atoms with Crippen LogP contribution in [0.5, 0.6) is 0 Å². The van der Waals surface area contributed by atoms with Crippen LogP contribution in [0.4, 0.5) is 5.69 Å². The molecule has 0 saturated heterocycles. The van der Waals surface area contributed by atoms with Crippen molar-refractivity contribution < 1.29 is 4.79 Å². The van der Waals surface area contributed by atoms with Gasteiger partial charge in [0.2, 0.25) is 0 Å². The molecule has 0 aliphatic rings. The van der Waals surface area contributed by atoms with E-state index in [0.29, 0.717) is 5.69 Å². The van der Waals surface area contributed by atoms with E-state index >= 15 is 0 Å². The predicted molar refractivity (Wildman–Crippen MR) is 94.6 cm³/mol. The van der Waals surface area contributed by atoms with E-state index < -0.39 is 0 Å². The van der Waals surface area contributed by atoms with Gasteiger partial charge in [-0.15, -0.1) is 0 Å². The Bertz CT molecular complexity index is 628. The van der Waals surface area contributed by atoms with Gasteiger partial charge in [0.1, 0.15) is 5.69 Å². The standard InChI is InChI=1S/C19H25N3O/c1-4-15(3)21-19(23)18-13-17(11-12-20-18)22(5-2)14-16-9-7-6-8-10-16/h6-13,15H,4-5,14H2,1-3H3,(H,21,23). The number of amides is 1. The van der Waals surface area contributed by atoms with Crippen LogP contribution in [0.3, 0.4) is 0 Å². The van der Waals surface area contributed by atoms with E-state index in [-0.39, 0.29) is 11.9 Å². The number of benzene rings is 1. The van der Waals surface area contributed by atoms with Gasteiger partial charge in [-0.1, -0.05) is 37.3 Å². The van der Waals surface area contributed by atoms with Gasteiger partial charge in [0.15, 0.2) is 0 Å². The third-order valence-electron chi connectivity index (χ3n) is 3.93. The molecule has 122 valence electrons. The van der Waals surface area contributed by atoms with Crippen molar-refractivity contribution in [2.75, 3.05) is 11.4 Å². The SMILES string of the molecule is CCC(C)NC(=O)c1cc(N(CC)Cc2ccccc2)ccn1. The zero-order valence-electron chi connectivity index (χ0n) is 14.1. The second kappa shape index (κ2) is 8.32. The molecule has 0 spiro atoms. The molecule has 1 aromatic heterocycles. The van der Waals surface area contributed by atoms with Crippen LogP contribution in [0.25, 0.3) is 0 Å². The molecule has 1 aromatic carbocycles. The maximum atomic E-state index is 12.2. The molecular weight excluding hydrogens is 286 g/mol. The number of anilines is 1. The molecule has 1 heterocycles. The van der Waals surface area contributed by atoms with E-state index in [1.54, 1.807) is 6.20 Å². The van der Waals surface area contributed by atoms with Crippen molar-refractivity contribution in [3.8, 4) is 0 Å². The number of aromatic nitrogens is 1. The fourth-order valence-corrected chi connectivity index (χ4v) is 2.33. The van der Waals surface area contributed by atoms with Gasteiger partial charge in [0.25, 0.3) is 5.91 Å². The number of hydrogen-bond donors (Lipinski definition) is 1. The first-order valence-corrected chi connectivity index (χ1v) is 8.19. The lowest BCUT2D eigenvalue weighted by molar-refractivity contribution is 0.0934. The summed E-state index contributed by atoms with van der Waals surface area (Å²) in [5.74, 6) is -0.114. The highest BCUT2D eigenvalue weighted by molar-refractivity contribution is 5.93. The Labute approximate surface area is 138 Å². The molecule has 1 unspecified atom stereocenters. The number of nitrogens with one attached hydrogen (secondary N) is 1. The summed E-state index contributed by atoms with van der Waals surface area (Å²) in [6.45, 7) is 7.84. The lowest BCUT2D eigenvalue weighted by Gasteiger charge is -2.23. The lowest BCUT2D eigenvalue weighted by Crippen LogP contribution is -2.32. The van der Waals surface area contributed by atoms with E-state index in [1.165, 1.54) is 5.56 Å². The second-order valence-electron chi connectivity index (χ2n) is 5.68. The third-order valence-corrected chi connectivity index (χ3v) is 3.93. The van der Waals surface area contributed by atoms with Crippen LogP contribution < -0.4 is 10.2 Å². The highest BCUT2D eigenvalue weighted by Gasteiger charge is 2.12. The third kappa shape index (κ3) is 4.81.